The maximum absolute atomic E-state index is 12.2. The fourth-order valence-electron chi connectivity index (χ4n) is 1.12. The van der Waals surface area contributed by atoms with Gasteiger partial charge in [-0.2, -0.15) is 13.2 Å². The van der Waals surface area contributed by atoms with Crippen LogP contribution in [0.2, 0.25) is 0 Å². The van der Waals surface area contributed by atoms with E-state index in [1.54, 1.807) is 6.92 Å². The quantitative estimate of drug-likeness (QED) is 0.487. The molecule has 1 unspecified atom stereocenters. The number of rotatable bonds is 1. The van der Waals surface area contributed by atoms with Crippen molar-refractivity contribution in [1.82, 2.24) is 0 Å². The van der Waals surface area contributed by atoms with Gasteiger partial charge < -0.3 is 0 Å². The van der Waals surface area contributed by atoms with Crippen LogP contribution >= 0.6 is 12.2 Å². The van der Waals surface area contributed by atoms with Gasteiger partial charge in [0.25, 0.3) is 0 Å². The van der Waals surface area contributed by atoms with Gasteiger partial charge in [0.2, 0.25) is 0 Å². The Kier molecular flexibility index (Phi) is 2.92. The van der Waals surface area contributed by atoms with E-state index in [1.165, 1.54) is 6.08 Å². The monoisotopic (exact) mass is 219 g/mol. The van der Waals surface area contributed by atoms with E-state index in [0.29, 0.717) is 0 Å². The van der Waals surface area contributed by atoms with E-state index >= 15 is 0 Å². The molecule has 0 aromatic carbocycles. The van der Waals surface area contributed by atoms with E-state index in [0.717, 1.165) is 12.2 Å². The van der Waals surface area contributed by atoms with Gasteiger partial charge in [0, 0.05) is 0 Å². The number of nitrogens with zero attached hydrogens (tertiary/aromatic N) is 1. The number of halogens is 3. The van der Waals surface area contributed by atoms with Crippen molar-refractivity contribution in [2.45, 2.75) is 25.1 Å². The Bertz CT molecular complexity index is 336. The number of allylic oxidation sites excluding steroid dienone is 2. The molecule has 1 atom stereocenters. The molecule has 0 heterocycles. The van der Waals surface area contributed by atoms with Crippen LogP contribution in [0.5, 0.6) is 0 Å². The zero-order valence-electron chi connectivity index (χ0n) is 7.43. The minimum absolute atomic E-state index is 0.196. The van der Waals surface area contributed by atoms with E-state index in [9.17, 15) is 13.2 Å². The Hall–Kier alpha value is -0.930. The van der Waals surface area contributed by atoms with Crippen LogP contribution in [0.25, 0.3) is 0 Å². The van der Waals surface area contributed by atoms with Gasteiger partial charge in [-0.15, -0.1) is 0 Å². The van der Waals surface area contributed by atoms with Crippen molar-refractivity contribution < 1.29 is 13.2 Å². The van der Waals surface area contributed by atoms with Gasteiger partial charge in [0.15, 0.2) is 0 Å². The Morgan fingerprint density at radius 1 is 1.57 bits per heavy atom. The summed E-state index contributed by atoms with van der Waals surface area (Å²) in [4.78, 5) is 3.80. The summed E-state index contributed by atoms with van der Waals surface area (Å²) in [5, 5.41) is 2.18. The molecule has 0 bridgehead atoms. The van der Waals surface area contributed by atoms with Crippen LogP contribution in [-0.4, -0.2) is 16.9 Å². The molecular formula is C9H8F3NS. The molecule has 0 radical (unpaired) electrons. The van der Waals surface area contributed by atoms with Crippen LogP contribution in [0.4, 0.5) is 13.2 Å². The molecule has 0 aliphatic heterocycles. The first-order valence-corrected chi connectivity index (χ1v) is 4.34. The van der Waals surface area contributed by atoms with Crippen molar-refractivity contribution >= 4 is 17.4 Å². The fraction of sp³-hybridized carbons (Fsp3) is 0.444. The lowest BCUT2D eigenvalue weighted by Crippen LogP contribution is -2.22. The molecule has 0 saturated heterocycles. The summed E-state index contributed by atoms with van der Waals surface area (Å²) in [6, 6.07) is 0. The second kappa shape index (κ2) is 3.67. The molecule has 1 aliphatic rings. The minimum atomic E-state index is -4.28. The predicted octanol–water partition coefficient (Wildman–Crippen LogP) is 3.30. The molecule has 1 aliphatic carbocycles. The Morgan fingerprint density at radius 2 is 2.21 bits per heavy atom. The molecule has 0 spiro atoms. The third-order valence-corrected chi connectivity index (χ3v) is 2.08. The zero-order chi connectivity index (χ0) is 10.8. The maximum atomic E-state index is 12.2. The topological polar surface area (TPSA) is 12.4 Å². The highest BCUT2D eigenvalue weighted by molar-refractivity contribution is 7.78. The van der Waals surface area contributed by atoms with Gasteiger partial charge in [0.1, 0.15) is 0 Å². The van der Waals surface area contributed by atoms with Gasteiger partial charge in [-0.05, 0) is 25.6 Å². The molecule has 14 heavy (non-hydrogen) atoms. The van der Waals surface area contributed by atoms with Gasteiger partial charge in [-0.25, -0.2) is 4.99 Å². The second-order valence-electron chi connectivity index (χ2n) is 3.25. The molecule has 0 aromatic rings. The summed E-state index contributed by atoms with van der Waals surface area (Å²) >= 11 is 4.41. The van der Waals surface area contributed by atoms with E-state index in [4.69, 9.17) is 0 Å². The second-order valence-corrected chi connectivity index (χ2v) is 3.44. The molecule has 0 N–H and O–H groups in total. The lowest BCUT2D eigenvalue weighted by molar-refractivity contribution is -0.0887. The average Bonchev–Trinajstić information content (AvgIpc) is 2.03. The molecular weight excluding hydrogens is 211 g/mol. The van der Waals surface area contributed by atoms with Crippen molar-refractivity contribution in [2.24, 2.45) is 4.99 Å². The summed E-state index contributed by atoms with van der Waals surface area (Å²) in [7, 11) is 0. The van der Waals surface area contributed by atoms with Crippen molar-refractivity contribution in [3.05, 3.63) is 23.8 Å². The molecule has 0 fully saturated rings. The number of alkyl halides is 3. The minimum Gasteiger partial charge on any atom is -0.222 e. The highest BCUT2D eigenvalue weighted by atomic mass is 32.1. The van der Waals surface area contributed by atoms with Gasteiger partial charge in [-0.3, -0.25) is 0 Å². The summed E-state index contributed by atoms with van der Waals surface area (Å²) in [5.74, 6) is 0. The summed E-state index contributed by atoms with van der Waals surface area (Å²) in [6.45, 7) is 1.70. The summed E-state index contributed by atoms with van der Waals surface area (Å²) in [5.41, 5.74) is -1.30. The van der Waals surface area contributed by atoms with Crippen molar-refractivity contribution in [3.63, 3.8) is 0 Å². The largest absolute Gasteiger partial charge is 0.416 e. The number of hydrogen-bond donors (Lipinski definition) is 0. The smallest absolute Gasteiger partial charge is 0.222 e. The predicted molar refractivity (Wildman–Crippen MR) is 51.3 cm³/mol. The van der Waals surface area contributed by atoms with Crippen LogP contribution in [0.15, 0.2) is 28.8 Å². The molecule has 5 heteroatoms. The van der Waals surface area contributed by atoms with Crippen LogP contribution in [0.3, 0.4) is 0 Å². The Labute approximate surface area is 85.0 Å². The lowest BCUT2D eigenvalue weighted by Gasteiger charge is -2.22. The van der Waals surface area contributed by atoms with E-state index < -0.39 is 17.3 Å². The number of hydrogen-bond acceptors (Lipinski definition) is 2. The standard InChI is InChI=1S/C9H8F3NS/c1-8(13-6-14)4-2-7(3-5-8)9(10,11)12/h2-4H,5H2,1H3. The molecule has 0 amide bonds. The van der Waals surface area contributed by atoms with E-state index in [2.05, 4.69) is 22.4 Å². The van der Waals surface area contributed by atoms with Gasteiger partial charge in [0.05, 0.1) is 16.3 Å². The first-order chi connectivity index (χ1) is 6.37. The molecule has 0 aromatic heterocycles. The van der Waals surface area contributed by atoms with Crippen LogP contribution in [-0.2, 0) is 0 Å². The van der Waals surface area contributed by atoms with E-state index in [-0.39, 0.29) is 6.42 Å². The first-order valence-electron chi connectivity index (χ1n) is 3.93. The Morgan fingerprint density at radius 3 is 2.57 bits per heavy atom. The third kappa shape index (κ3) is 2.53. The highest BCUT2D eigenvalue weighted by Crippen LogP contribution is 2.33. The maximum Gasteiger partial charge on any atom is 0.416 e. The normalized spacial score (nSPS) is 26.7. The average molecular weight is 219 g/mol. The molecule has 76 valence electrons. The van der Waals surface area contributed by atoms with Gasteiger partial charge >= 0.3 is 6.18 Å². The van der Waals surface area contributed by atoms with Crippen molar-refractivity contribution in [1.29, 1.82) is 0 Å². The number of thiocarbonyl (C=S) groups is 1. The fourth-order valence-corrected chi connectivity index (χ4v) is 1.33. The summed E-state index contributed by atoms with van der Waals surface area (Å²) < 4.78 is 36.6. The summed E-state index contributed by atoms with van der Waals surface area (Å²) in [6.07, 6.45) is -0.536. The number of aliphatic imine (C=N–C) groups is 1. The van der Waals surface area contributed by atoms with E-state index in [1.807, 2.05) is 0 Å². The Balaban J connectivity index is 2.86. The van der Waals surface area contributed by atoms with Crippen molar-refractivity contribution in [2.75, 3.05) is 0 Å². The van der Waals surface area contributed by atoms with Gasteiger partial charge in [-0.1, -0.05) is 18.2 Å². The zero-order valence-corrected chi connectivity index (χ0v) is 8.25. The van der Waals surface area contributed by atoms with Crippen LogP contribution in [0.1, 0.15) is 13.3 Å². The SMILES string of the molecule is CC1(N=C=S)C=CC(C(F)(F)F)=CC1. The molecule has 1 nitrogen and oxygen atoms in total. The van der Waals surface area contributed by atoms with Crippen molar-refractivity contribution in [3.8, 4) is 0 Å². The van der Waals surface area contributed by atoms with Crippen LogP contribution < -0.4 is 0 Å². The van der Waals surface area contributed by atoms with Crippen LogP contribution in [0, 0.1) is 0 Å². The number of isothiocyanates is 1. The molecule has 0 saturated carbocycles. The first kappa shape index (κ1) is 11.1. The highest BCUT2D eigenvalue weighted by Gasteiger charge is 2.35. The third-order valence-electron chi connectivity index (χ3n) is 1.99. The molecule has 1 rings (SSSR count). The lowest BCUT2D eigenvalue weighted by atomic mass is 9.91.